The van der Waals surface area contributed by atoms with E-state index in [2.05, 4.69) is 29.2 Å². The van der Waals surface area contributed by atoms with Crippen LogP contribution in [0.4, 0.5) is 0 Å². The number of alkyl halides is 1. The second-order valence-corrected chi connectivity index (χ2v) is 3.57. The van der Waals surface area contributed by atoms with Gasteiger partial charge in [-0.3, -0.25) is 0 Å². The lowest BCUT2D eigenvalue weighted by Crippen LogP contribution is -1.93. The fourth-order valence-corrected chi connectivity index (χ4v) is 1.17. The van der Waals surface area contributed by atoms with Gasteiger partial charge in [0.15, 0.2) is 0 Å². The third-order valence-corrected chi connectivity index (χ3v) is 2.60. The smallest absolute Gasteiger partial charge is 0.118 e. The second kappa shape index (κ2) is 5.90. The minimum atomic E-state index is 0.575. The molecule has 0 aliphatic heterocycles. The highest BCUT2D eigenvalue weighted by atomic mass is 127. The maximum atomic E-state index is 5.41. The molecular weight excluding hydrogens is 291 g/mol. The van der Waals surface area contributed by atoms with Crippen molar-refractivity contribution in [3.05, 3.63) is 42.2 Å². The molecule has 0 aliphatic carbocycles. The predicted octanol–water partition coefficient (Wildman–Crippen LogP) is 3.16. The Morgan fingerprint density at radius 1 is 1.36 bits per heavy atom. The van der Waals surface area contributed by atoms with Crippen molar-refractivity contribution >= 4 is 22.6 Å². The molecule has 0 heterocycles. The average molecular weight is 304 g/mol. The Hall–Kier alpha value is -0.710. The molecule has 0 unspecified atom stereocenters. The topological polar surface area (TPSA) is 18.5 Å². The molecule has 0 N–H and O–H groups in total. The number of hydrogen-bond acceptors (Lipinski definition) is 2. The predicted molar refractivity (Wildman–Crippen MR) is 65.8 cm³/mol. The normalized spacial score (nSPS) is 9.57. The number of halogens is 1. The van der Waals surface area contributed by atoms with Crippen molar-refractivity contribution in [2.45, 2.75) is 6.61 Å². The van der Waals surface area contributed by atoms with Gasteiger partial charge in [-0.1, -0.05) is 41.3 Å². The lowest BCUT2D eigenvalue weighted by atomic mass is 10.2. The Kier molecular flexibility index (Phi) is 4.79. The zero-order valence-electron chi connectivity index (χ0n) is 8.13. The van der Waals surface area contributed by atoms with Gasteiger partial charge in [0.05, 0.1) is 17.3 Å². The molecule has 0 radical (unpaired) electrons. The van der Waals surface area contributed by atoms with Gasteiger partial charge < -0.3 is 9.47 Å². The van der Waals surface area contributed by atoms with Gasteiger partial charge in [0, 0.05) is 0 Å². The first-order valence-corrected chi connectivity index (χ1v) is 5.78. The number of ether oxygens (including phenoxy) is 2. The standard InChI is InChI=1S/C11H13IO2/c1-9(7-12)14-8-10-3-5-11(13-2)6-4-10/h3-6H,1,7-8H2,2H3. The van der Waals surface area contributed by atoms with E-state index < -0.39 is 0 Å². The van der Waals surface area contributed by atoms with Crippen LogP contribution in [0.2, 0.25) is 0 Å². The van der Waals surface area contributed by atoms with E-state index in [0.29, 0.717) is 6.61 Å². The number of rotatable bonds is 5. The van der Waals surface area contributed by atoms with E-state index in [1.165, 1.54) is 0 Å². The third-order valence-electron chi connectivity index (χ3n) is 1.75. The molecule has 1 aromatic rings. The van der Waals surface area contributed by atoms with Gasteiger partial charge in [0.25, 0.3) is 0 Å². The van der Waals surface area contributed by atoms with Gasteiger partial charge in [0.2, 0.25) is 0 Å². The minimum absolute atomic E-state index is 0.575. The van der Waals surface area contributed by atoms with Crippen molar-refractivity contribution < 1.29 is 9.47 Å². The van der Waals surface area contributed by atoms with Crippen molar-refractivity contribution in [1.82, 2.24) is 0 Å². The highest BCUT2D eigenvalue weighted by Gasteiger charge is 1.96. The lowest BCUT2D eigenvalue weighted by Gasteiger charge is -2.07. The number of allylic oxidation sites excluding steroid dienone is 1. The molecule has 0 saturated carbocycles. The van der Waals surface area contributed by atoms with Crippen LogP contribution in [0.3, 0.4) is 0 Å². The zero-order chi connectivity index (χ0) is 10.4. The molecule has 0 aliphatic rings. The van der Waals surface area contributed by atoms with E-state index in [-0.39, 0.29) is 0 Å². The summed E-state index contributed by atoms with van der Waals surface area (Å²) in [5.74, 6) is 1.67. The van der Waals surface area contributed by atoms with Gasteiger partial charge in [-0.15, -0.1) is 0 Å². The Bertz CT molecular complexity index is 293. The Morgan fingerprint density at radius 2 is 2.00 bits per heavy atom. The first-order chi connectivity index (χ1) is 6.76. The van der Waals surface area contributed by atoms with E-state index in [0.717, 1.165) is 21.5 Å². The second-order valence-electron chi connectivity index (χ2n) is 2.81. The van der Waals surface area contributed by atoms with Gasteiger partial charge in [-0.05, 0) is 17.7 Å². The van der Waals surface area contributed by atoms with Crippen LogP contribution in [0.5, 0.6) is 5.75 Å². The van der Waals surface area contributed by atoms with Crippen LogP contribution in [0.15, 0.2) is 36.6 Å². The van der Waals surface area contributed by atoms with E-state index in [4.69, 9.17) is 9.47 Å². The van der Waals surface area contributed by atoms with Crippen LogP contribution in [-0.4, -0.2) is 11.5 Å². The van der Waals surface area contributed by atoms with Crippen LogP contribution in [-0.2, 0) is 11.3 Å². The van der Waals surface area contributed by atoms with E-state index in [9.17, 15) is 0 Å². The molecule has 0 saturated heterocycles. The molecule has 0 amide bonds. The van der Waals surface area contributed by atoms with E-state index >= 15 is 0 Å². The van der Waals surface area contributed by atoms with Crippen LogP contribution < -0.4 is 4.74 Å². The van der Waals surface area contributed by atoms with Crippen molar-refractivity contribution in [3.63, 3.8) is 0 Å². The van der Waals surface area contributed by atoms with Crippen LogP contribution in [0.1, 0.15) is 5.56 Å². The van der Waals surface area contributed by atoms with Crippen LogP contribution >= 0.6 is 22.6 Å². The summed E-state index contributed by atoms with van der Waals surface area (Å²) in [5, 5.41) is 0. The monoisotopic (exact) mass is 304 g/mol. The summed E-state index contributed by atoms with van der Waals surface area (Å²) >= 11 is 2.22. The van der Waals surface area contributed by atoms with Crippen molar-refractivity contribution in [2.24, 2.45) is 0 Å². The number of benzene rings is 1. The molecule has 76 valence electrons. The average Bonchev–Trinajstić information content (AvgIpc) is 2.26. The van der Waals surface area contributed by atoms with Gasteiger partial charge in [-0.2, -0.15) is 0 Å². The number of methoxy groups -OCH3 is 1. The summed E-state index contributed by atoms with van der Waals surface area (Å²) in [7, 11) is 1.66. The Balaban J connectivity index is 2.47. The molecule has 14 heavy (non-hydrogen) atoms. The van der Waals surface area contributed by atoms with E-state index in [1.807, 2.05) is 24.3 Å². The molecular formula is C11H13IO2. The minimum Gasteiger partial charge on any atom is -0.497 e. The molecule has 1 rings (SSSR count). The summed E-state index contributed by atoms with van der Waals surface area (Å²) in [5.41, 5.74) is 1.12. The lowest BCUT2D eigenvalue weighted by molar-refractivity contribution is 0.205. The first-order valence-electron chi connectivity index (χ1n) is 4.25. The molecule has 1 aromatic carbocycles. The molecule has 2 nitrogen and oxygen atoms in total. The summed E-state index contributed by atoms with van der Waals surface area (Å²) in [6, 6.07) is 7.82. The Morgan fingerprint density at radius 3 is 2.50 bits per heavy atom. The van der Waals surface area contributed by atoms with Gasteiger partial charge >= 0.3 is 0 Å². The fraction of sp³-hybridized carbons (Fsp3) is 0.273. The Labute approximate surface area is 98.1 Å². The first kappa shape index (κ1) is 11.4. The summed E-state index contributed by atoms with van der Waals surface area (Å²) in [6.07, 6.45) is 0. The molecule has 0 fully saturated rings. The van der Waals surface area contributed by atoms with Gasteiger partial charge in [0.1, 0.15) is 12.4 Å². The van der Waals surface area contributed by atoms with Crippen LogP contribution in [0.25, 0.3) is 0 Å². The fourth-order valence-electron chi connectivity index (χ4n) is 0.946. The summed E-state index contributed by atoms with van der Waals surface area (Å²) in [4.78, 5) is 0. The molecule has 3 heteroatoms. The zero-order valence-corrected chi connectivity index (χ0v) is 10.3. The molecule has 0 aromatic heterocycles. The van der Waals surface area contributed by atoms with Gasteiger partial charge in [-0.25, -0.2) is 0 Å². The van der Waals surface area contributed by atoms with Crippen molar-refractivity contribution in [2.75, 3.05) is 11.5 Å². The largest absolute Gasteiger partial charge is 0.497 e. The summed E-state index contributed by atoms with van der Waals surface area (Å²) < 4.78 is 11.3. The van der Waals surface area contributed by atoms with Crippen molar-refractivity contribution in [3.8, 4) is 5.75 Å². The molecule has 0 spiro atoms. The summed E-state index contributed by atoms with van der Waals surface area (Å²) in [6.45, 7) is 4.34. The van der Waals surface area contributed by atoms with Crippen LogP contribution in [0, 0.1) is 0 Å². The maximum Gasteiger partial charge on any atom is 0.118 e. The number of hydrogen-bond donors (Lipinski definition) is 0. The highest BCUT2D eigenvalue weighted by molar-refractivity contribution is 14.1. The molecule has 0 atom stereocenters. The molecule has 0 bridgehead atoms. The third kappa shape index (κ3) is 3.57. The quantitative estimate of drug-likeness (QED) is 0.472. The maximum absolute atomic E-state index is 5.41. The van der Waals surface area contributed by atoms with Crippen molar-refractivity contribution in [1.29, 1.82) is 0 Å². The van der Waals surface area contributed by atoms with E-state index in [1.54, 1.807) is 7.11 Å². The SMILES string of the molecule is C=C(CI)OCc1ccc(OC)cc1. The highest BCUT2D eigenvalue weighted by Crippen LogP contribution is 2.13.